The molecule has 1 aliphatic rings. The summed E-state index contributed by atoms with van der Waals surface area (Å²) in [6, 6.07) is 0.0965. The Morgan fingerprint density at radius 2 is 2.00 bits per heavy atom. The van der Waals surface area contributed by atoms with E-state index in [0.717, 1.165) is 38.9 Å². The summed E-state index contributed by atoms with van der Waals surface area (Å²) in [5.74, 6) is 0.162. The summed E-state index contributed by atoms with van der Waals surface area (Å²) < 4.78 is 0. The normalized spacial score (nSPS) is 21.6. The Kier molecular flexibility index (Phi) is 7.46. The lowest BCUT2D eigenvalue weighted by molar-refractivity contribution is 0.00777. The highest BCUT2D eigenvalue weighted by Gasteiger charge is 2.28. The molecule has 0 aliphatic carbocycles. The van der Waals surface area contributed by atoms with Gasteiger partial charge in [0.2, 0.25) is 0 Å². The van der Waals surface area contributed by atoms with Gasteiger partial charge in [0.25, 0.3) is 0 Å². The van der Waals surface area contributed by atoms with Crippen molar-refractivity contribution in [2.75, 3.05) is 26.2 Å². The Morgan fingerprint density at radius 1 is 1.38 bits per heavy atom. The maximum Gasteiger partial charge on any atom is 0.315 e. The zero-order valence-electron chi connectivity index (χ0n) is 14.1. The first kappa shape index (κ1) is 18.2. The molecule has 0 aromatic carbocycles. The minimum atomic E-state index is -0.851. The van der Waals surface area contributed by atoms with Crippen LogP contribution in [0.25, 0.3) is 0 Å². The predicted molar refractivity (Wildman–Crippen MR) is 86.4 cm³/mol. The van der Waals surface area contributed by atoms with Crippen molar-refractivity contribution in [2.24, 2.45) is 5.92 Å². The monoisotopic (exact) mass is 299 g/mol. The van der Waals surface area contributed by atoms with Crippen molar-refractivity contribution in [3.05, 3.63) is 0 Å². The molecule has 0 bridgehead atoms. The number of hydrogen-bond donors (Lipinski definition) is 3. The first-order valence-electron chi connectivity index (χ1n) is 8.38. The van der Waals surface area contributed by atoms with Crippen molar-refractivity contribution in [1.29, 1.82) is 0 Å². The fourth-order valence-electron chi connectivity index (χ4n) is 2.73. The molecule has 3 N–H and O–H groups in total. The van der Waals surface area contributed by atoms with Crippen LogP contribution in [0.5, 0.6) is 0 Å². The highest BCUT2D eigenvalue weighted by atomic mass is 16.3. The lowest BCUT2D eigenvalue weighted by Crippen LogP contribution is -2.52. The molecule has 2 amide bonds. The number of carbonyl (C=O) groups is 1. The minimum absolute atomic E-state index is 0.160. The van der Waals surface area contributed by atoms with Crippen LogP contribution in [-0.4, -0.2) is 53.9 Å². The fourth-order valence-corrected chi connectivity index (χ4v) is 2.73. The van der Waals surface area contributed by atoms with E-state index in [9.17, 15) is 9.90 Å². The number of amides is 2. The van der Waals surface area contributed by atoms with Crippen LogP contribution >= 0.6 is 0 Å². The van der Waals surface area contributed by atoms with Crippen LogP contribution in [-0.2, 0) is 0 Å². The van der Waals surface area contributed by atoms with Gasteiger partial charge in [0, 0.05) is 25.7 Å². The molecule has 1 rings (SSSR count). The molecular formula is C16H33N3O2. The molecule has 0 saturated carbocycles. The zero-order chi connectivity index (χ0) is 15.9. The number of rotatable bonds is 7. The molecule has 0 aromatic heterocycles. The Bertz CT molecular complexity index is 313. The molecule has 21 heavy (non-hydrogen) atoms. The number of urea groups is 1. The zero-order valence-corrected chi connectivity index (χ0v) is 14.1. The lowest BCUT2D eigenvalue weighted by atomic mass is 9.89. The van der Waals surface area contributed by atoms with Gasteiger partial charge in [0.05, 0.1) is 5.60 Å². The van der Waals surface area contributed by atoms with Gasteiger partial charge < -0.3 is 20.6 Å². The van der Waals surface area contributed by atoms with Crippen LogP contribution < -0.4 is 10.6 Å². The molecule has 2 unspecified atom stereocenters. The van der Waals surface area contributed by atoms with Gasteiger partial charge in [-0.1, -0.05) is 27.2 Å². The average Bonchev–Trinajstić information content (AvgIpc) is 2.46. The van der Waals surface area contributed by atoms with Gasteiger partial charge in [0.15, 0.2) is 0 Å². The summed E-state index contributed by atoms with van der Waals surface area (Å²) in [5.41, 5.74) is -0.851. The Hall–Kier alpha value is -0.810. The number of nitrogens with zero attached hydrogens (tertiary/aromatic N) is 1. The van der Waals surface area contributed by atoms with Gasteiger partial charge in [-0.3, -0.25) is 0 Å². The Labute approximate surface area is 129 Å². The van der Waals surface area contributed by atoms with Crippen LogP contribution in [0.2, 0.25) is 0 Å². The van der Waals surface area contributed by atoms with Crippen molar-refractivity contribution >= 4 is 6.03 Å². The third-order valence-electron chi connectivity index (χ3n) is 4.74. The van der Waals surface area contributed by atoms with Gasteiger partial charge in [-0.15, -0.1) is 0 Å². The van der Waals surface area contributed by atoms with E-state index in [1.165, 1.54) is 6.42 Å². The molecule has 0 radical (unpaired) electrons. The smallest absolute Gasteiger partial charge is 0.315 e. The SMILES string of the molecule is CCCN1CCC(NC(=O)NCC(C)(O)C(C)CC)CC1. The van der Waals surface area contributed by atoms with E-state index in [1.54, 1.807) is 6.92 Å². The standard InChI is InChI=1S/C16H33N3O2/c1-5-9-19-10-7-14(8-11-19)18-15(20)17-12-16(4,21)13(3)6-2/h13-14,21H,5-12H2,1-4H3,(H2,17,18,20). The first-order valence-corrected chi connectivity index (χ1v) is 8.38. The van der Waals surface area contributed by atoms with Crippen molar-refractivity contribution in [1.82, 2.24) is 15.5 Å². The van der Waals surface area contributed by atoms with E-state index in [2.05, 4.69) is 22.5 Å². The molecular weight excluding hydrogens is 266 g/mol. The molecule has 2 atom stereocenters. The largest absolute Gasteiger partial charge is 0.388 e. The van der Waals surface area contributed by atoms with Gasteiger partial charge in [-0.05, 0) is 38.6 Å². The quantitative estimate of drug-likeness (QED) is 0.673. The van der Waals surface area contributed by atoms with Gasteiger partial charge in [0.1, 0.15) is 0 Å². The lowest BCUT2D eigenvalue weighted by Gasteiger charge is -2.33. The number of carbonyl (C=O) groups excluding carboxylic acids is 1. The van der Waals surface area contributed by atoms with Crippen molar-refractivity contribution in [3.8, 4) is 0 Å². The second-order valence-corrected chi connectivity index (χ2v) is 6.61. The summed E-state index contributed by atoms with van der Waals surface area (Å²) in [5, 5.41) is 16.1. The molecule has 1 aliphatic heterocycles. The minimum Gasteiger partial charge on any atom is -0.388 e. The summed E-state index contributed by atoms with van der Waals surface area (Å²) in [6.07, 6.45) is 4.10. The van der Waals surface area contributed by atoms with E-state index >= 15 is 0 Å². The fraction of sp³-hybridized carbons (Fsp3) is 0.938. The summed E-state index contributed by atoms with van der Waals surface area (Å²) in [7, 11) is 0. The van der Waals surface area contributed by atoms with E-state index in [0.29, 0.717) is 6.54 Å². The number of nitrogens with one attached hydrogen (secondary N) is 2. The molecule has 5 heteroatoms. The molecule has 0 aromatic rings. The highest BCUT2D eigenvalue weighted by Crippen LogP contribution is 2.18. The van der Waals surface area contributed by atoms with Crippen LogP contribution in [0.4, 0.5) is 4.79 Å². The van der Waals surface area contributed by atoms with Crippen molar-refractivity contribution < 1.29 is 9.90 Å². The van der Waals surface area contributed by atoms with Crippen LogP contribution in [0, 0.1) is 5.92 Å². The van der Waals surface area contributed by atoms with E-state index in [4.69, 9.17) is 0 Å². The third-order valence-corrected chi connectivity index (χ3v) is 4.74. The second-order valence-electron chi connectivity index (χ2n) is 6.61. The molecule has 0 spiro atoms. The highest BCUT2D eigenvalue weighted by molar-refractivity contribution is 5.74. The van der Waals surface area contributed by atoms with Crippen LogP contribution in [0.1, 0.15) is 53.4 Å². The maximum atomic E-state index is 11.9. The van der Waals surface area contributed by atoms with Crippen LogP contribution in [0.15, 0.2) is 0 Å². The summed E-state index contributed by atoms with van der Waals surface area (Å²) >= 11 is 0. The average molecular weight is 299 g/mol. The van der Waals surface area contributed by atoms with Crippen LogP contribution in [0.3, 0.4) is 0 Å². The Morgan fingerprint density at radius 3 is 2.52 bits per heavy atom. The van der Waals surface area contributed by atoms with E-state index in [1.807, 2.05) is 13.8 Å². The topological polar surface area (TPSA) is 64.6 Å². The molecule has 1 fully saturated rings. The molecule has 1 heterocycles. The molecule has 1 saturated heterocycles. The van der Waals surface area contributed by atoms with Gasteiger partial charge >= 0.3 is 6.03 Å². The number of piperidine rings is 1. The van der Waals surface area contributed by atoms with E-state index < -0.39 is 5.60 Å². The summed E-state index contributed by atoms with van der Waals surface area (Å²) in [6.45, 7) is 11.6. The predicted octanol–water partition coefficient (Wildman–Crippen LogP) is 1.96. The maximum absolute atomic E-state index is 11.9. The number of hydrogen-bond acceptors (Lipinski definition) is 3. The van der Waals surface area contributed by atoms with Crippen molar-refractivity contribution in [3.63, 3.8) is 0 Å². The number of aliphatic hydroxyl groups is 1. The summed E-state index contributed by atoms with van der Waals surface area (Å²) in [4.78, 5) is 14.4. The first-order chi connectivity index (χ1) is 9.89. The van der Waals surface area contributed by atoms with Gasteiger partial charge in [-0.25, -0.2) is 4.79 Å². The van der Waals surface area contributed by atoms with E-state index in [-0.39, 0.29) is 18.0 Å². The molecule has 124 valence electrons. The van der Waals surface area contributed by atoms with Gasteiger partial charge in [-0.2, -0.15) is 0 Å². The Balaban J connectivity index is 2.26. The number of likely N-dealkylation sites (tertiary alicyclic amines) is 1. The third kappa shape index (κ3) is 6.22. The van der Waals surface area contributed by atoms with Crippen molar-refractivity contribution in [2.45, 2.75) is 65.0 Å². The molecule has 5 nitrogen and oxygen atoms in total. The second kappa shape index (κ2) is 8.59.